The van der Waals surface area contributed by atoms with Crippen LogP contribution in [-0.2, 0) is 4.79 Å². The smallest absolute Gasteiger partial charge is 0.219 e. The second-order valence-corrected chi connectivity index (χ2v) is 2.90. The maximum Gasteiger partial charge on any atom is 0.219 e. The van der Waals surface area contributed by atoms with Crippen molar-refractivity contribution < 1.29 is 4.79 Å². The van der Waals surface area contributed by atoms with Crippen LogP contribution in [0.1, 0.15) is 25.7 Å². The van der Waals surface area contributed by atoms with Crippen molar-refractivity contribution in [2.24, 2.45) is 10.8 Å². The summed E-state index contributed by atoms with van der Waals surface area (Å²) in [5, 5.41) is 6.13. The van der Waals surface area contributed by atoms with Gasteiger partial charge in [-0.3, -0.25) is 4.79 Å². The molecule has 14 heavy (non-hydrogen) atoms. The zero-order valence-electron chi connectivity index (χ0n) is 8.28. The number of nitrogens with zero attached hydrogens (tertiary/aromatic N) is 3. The standard InChI is InChI=1S/C8H17N5O/c9-5-3-6-11-8(14)4-1-2-7-12-13-10/h1-7,9H2,(H,11,14). The first-order chi connectivity index (χ1) is 6.81. The van der Waals surface area contributed by atoms with E-state index in [4.69, 9.17) is 11.3 Å². The van der Waals surface area contributed by atoms with Crippen molar-refractivity contribution in [3.8, 4) is 0 Å². The monoisotopic (exact) mass is 199 g/mol. The van der Waals surface area contributed by atoms with Gasteiger partial charge in [0, 0.05) is 24.4 Å². The van der Waals surface area contributed by atoms with E-state index in [2.05, 4.69) is 15.3 Å². The molecule has 1 amide bonds. The summed E-state index contributed by atoms with van der Waals surface area (Å²) in [6.45, 7) is 1.70. The fraction of sp³-hybridized carbons (Fsp3) is 0.875. The predicted molar refractivity (Wildman–Crippen MR) is 54.5 cm³/mol. The van der Waals surface area contributed by atoms with E-state index in [1.807, 2.05) is 0 Å². The maximum absolute atomic E-state index is 11.1. The predicted octanol–water partition coefficient (Wildman–Crippen LogP) is 0.932. The number of nitrogens with two attached hydrogens (primary N) is 1. The van der Waals surface area contributed by atoms with E-state index in [9.17, 15) is 4.79 Å². The van der Waals surface area contributed by atoms with Gasteiger partial charge in [-0.25, -0.2) is 0 Å². The van der Waals surface area contributed by atoms with Crippen molar-refractivity contribution in [2.75, 3.05) is 19.6 Å². The van der Waals surface area contributed by atoms with Crippen molar-refractivity contribution in [1.82, 2.24) is 5.32 Å². The highest BCUT2D eigenvalue weighted by atomic mass is 16.1. The molecule has 0 rings (SSSR count). The summed E-state index contributed by atoms with van der Waals surface area (Å²) in [5.41, 5.74) is 13.3. The molecule has 80 valence electrons. The normalized spacial score (nSPS) is 9.21. The first kappa shape index (κ1) is 12.7. The SMILES string of the molecule is [N-]=[N+]=NCCCCC(=O)NCCCN. The first-order valence-corrected chi connectivity index (χ1v) is 4.79. The molecule has 0 aliphatic heterocycles. The third kappa shape index (κ3) is 8.83. The molecule has 0 fully saturated rings. The van der Waals surface area contributed by atoms with Crippen LogP contribution in [0.25, 0.3) is 10.4 Å². The molecule has 0 saturated carbocycles. The van der Waals surface area contributed by atoms with Crippen LogP contribution in [0.4, 0.5) is 0 Å². The van der Waals surface area contributed by atoms with Crippen molar-refractivity contribution in [2.45, 2.75) is 25.7 Å². The van der Waals surface area contributed by atoms with Crippen LogP contribution >= 0.6 is 0 Å². The molecule has 0 aromatic heterocycles. The van der Waals surface area contributed by atoms with Crippen LogP contribution in [0.3, 0.4) is 0 Å². The highest BCUT2D eigenvalue weighted by Crippen LogP contribution is 1.95. The average Bonchev–Trinajstić information content (AvgIpc) is 2.18. The number of hydrogen-bond donors (Lipinski definition) is 2. The minimum absolute atomic E-state index is 0.0411. The second-order valence-electron chi connectivity index (χ2n) is 2.90. The quantitative estimate of drug-likeness (QED) is 0.263. The molecule has 0 aliphatic carbocycles. The Kier molecular flexibility index (Phi) is 8.94. The Morgan fingerprint density at radius 3 is 2.86 bits per heavy atom. The van der Waals surface area contributed by atoms with Gasteiger partial charge in [0.25, 0.3) is 0 Å². The molecule has 3 N–H and O–H groups in total. The number of carbonyl (C=O) groups excluding carboxylic acids is 1. The number of rotatable bonds is 8. The van der Waals surface area contributed by atoms with E-state index in [-0.39, 0.29) is 5.91 Å². The summed E-state index contributed by atoms with van der Waals surface area (Å²) in [5.74, 6) is 0.0411. The molecular weight excluding hydrogens is 182 g/mol. The largest absolute Gasteiger partial charge is 0.356 e. The molecule has 0 unspecified atom stereocenters. The van der Waals surface area contributed by atoms with Crippen LogP contribution in [0, 0.1) is 0 Å². The van der Waals surface area contributed by atoms with Gasteiger partial charge in [0.2, 0.25) is 5.91 Å². The maximum atomic E-state index is 11.1. The van der Waals surface area contributed by atoms with Crippen LogP contribution in [0.5, 0.6) is 0 Å². The molecule has 0 saturated heterocycles. The van der Waals surface area contributed by atoms with E-state index >= 15 is 0 Å². The van der Waals surface area contributed by atoms with Gasteiger partial charge in [-0.1, -0.05) is 5.11 Å². The lowest BCUT2D eigenvalue weighted by Gasteiger charge is -2.02. The Hall–Kier alpha value is -1.26. The second kappa shape index (κ2) is 9.83. The number of nitrogens with one attached hydrogen (secondary N) is 1. The van der Waals surface area contributed by atoms with E-state index < -0.39 is 0 Å². The van der Waals surface area contributed by atoms with Crippen LogP contribution in [0.15, 0.2) is 5.11 Å². The summed E-state index contributed by atoms with van der Waals surface area (Å²) in [6, 6.07) is 0. The van der Waals surface area contributed by atoms with E-state index in [1.54, 1.807) is 0 Å². The fourth-order valence-electron chi connectivity index (χ4n) is 0.931. The molecular formula is C8H17N5O. The molecule has 0 aliphatic rings. The van der Waals surface area contributed by atoms with Gasteiger partial charge in [0.05, 0.1) is 0 Å². The lowest BCUT2D eigenvalue weighted by molar-refractivity contribution is -0.121. The van der Waals surface area contributed by atoms with Gasteiger partial charge in [-0.15, -0.1) is 0 Å². The number of hydrogen-bond acceptors (Lipinski definition) is 3. The van der Waals surface area contributed by atoms with Gasteiger partial charge >= 0.3 is 0 Å². The zero-order valence-corrected chi connectivity index (χ0v) is 8.28. The molecule has 0 radical (unpaired) electrons. The fourth-order valence-corrected chi connectivity index (χ4v) is 0.931. The summed E-state index contributed by atoms with van der Waals surface area (Å²) < 4.78 is 0. The molecule has 0 atom stereocenters. The summed E-state index contributed by atoms with van der Waals surface area (Å²) in [7, 11) is 0. The summed E-state index contributed by atoms with van der Waals surface area (Å²) >= 11 is 0. The zero-order chi connectivity index (χ0) is 10.6. The third-order valence-corrected chi connectivity index (χ3v) is 1.68. The minimum atomic E-state index is 0.0411. The average molecular weight is 199 g/mol. The lowest BCUT2D eigenvalue weighted by Crippen LogP contribution is -2.25. The highest BCUT2D eigenvalue weighted by Gasteiger charge is 1.98. The molecule has 0 heterocycles. The molecule has 0 aromatic carbocycles. The van der Waals surface area contributed by atoms with Crippen molar-refractivity contribution >= 4 is 5.91 Å². The summed E-state index contributed by atoms with van der Waals surface area (Å²) in [6.07, 6.45) is 2.82. The van der Waals surface area contributed by atoms with Gasteiger partial charge in [-0.2, -0.15) is 0 Å². The van der Waals surface area contributed by atoms with E-state index in [1.165, 1.54) is 0 Å². The Morgan fingerprint density at radius 2 is 2.21 bits per heavy atom. The highest BCUT2D eigenvalue weighted by molar-refractivity contribution is 5.75. The number of azide groups is 1. The molecule has 0 aromatic rings. The third-order valence-electron chi connectivity index (χ3n) is 1.68. The Bertz CT molecular complexity index is 200. The first-order valence-electron chi connectivity index (χ1n) is 4.79. The van der Waals surface area contributed by atoms with Gasteiger partial charge in [0.1, 0.15) is 0 Å². The van der Waals surface area contributed by atoms with Gasteiger partial charge in [-0.05, 0) is 31.3 Å². The van der Waals surface area contributed by atoms with Crippen LogP contribution in [-0.4, -0.2) is 25.5 Å². The van der Waals surface area contributed by atoms with Gasteiger partial charge in [0.15, 0.2) is 0 Å². The lowest BCUT2D eigenvalue weighted by atomic mass is 10.2. The van der Waals surface area contributed by atoms with Crippen molar-refractivity contribution in [1.29, 1.82) is 0 Å². The molecule has 6 heteroatoms. The van der Waals surface area contributed by atoms with Crippen LogP contribution < -0.4 is 11.1 Å². The van der Waals surface area contributed by atoms with Gasteiger partial charge < -0.3 is 11.1 Å². The Morgan fingerprint density at radius 1 is 1.43 bits per heavy atom. The van der Waals surface area contributed by atoms with Crippen molar-refractivity contribution in [3.05, 3.63) is 10.4 Å². The minimum Gasteiger partial charge on any atom is -0.356 e. The molecule has 0 spiro atoms. The Balaban J connectivity index is 3.22. The number of unbranched alkanes of at least 4 members (excludes halogenated alkanes) is 1. The van der Waals surface area contributed by atoms with E-state index in [0.29, 0.717) is 26.1 Å². The van der Waals surface area contributed by atoms with Crippen molar-refractivity contribution in [3.63, 3.8) is 0 Å². The summed E-state index contributed by atoms with van der Waals surface area (Å²) in [4.78, 5) is 13.7. The van der Waals surface area contributed by atoms with Crippen LogP contribution in [0.2, 0.25) is 0 Å². The number of amides is 1. The molecule has 6 nitrogen and oxygen atoms in total. The molecule has 0 bridgehead atoms. The number of carbonyl (C=O) groups is 1. The topological polar surface area (TPSA) is 104 Å². The van der Waals surface area contributed by atoms with E-state index in [0.717, 1.165) is 19.3 Å². The Labute approximate surface area is 83.5 Å².